The molecule has 1 saturated heterocycles. The van der Waals surface area contributed by atoms with E-state index in [0.717, 1.165) is 19.3 Å². The van der Waals surface area contributed by atoms with E-state index in [0.29, 0.717) is 31.6 Å². The zero-order valence-corrected chi connectivity index (χ0v) is 12.4. The molecular weight excluding hydrogens is 244 g/mol. The molecule has 0 aliphatic carbocycles. The first kappa shape index (κ1) is 16.2. The predicted octanol–water partition coefficient (Wildman–Crippen LogP) is 1.51. The quantitative estimate of drug-likeness (QED) is 0.658. The van der Waals surface area contributed by atoms with Gasteiger partial charge in [-0.3, -0.25) is 0 Å². The lowest BCUT2D eigenvalue weighted by molar-refractivity contribution is 0.170. The SMILES string of the molecule is CC(C)CC(CCO)CNC(=O)NC1(C)CCOC1. The molecule has 1 heterocycles. The molecule has 5 heteroatoms. The highest BCUT2D eigenvalue weighted by Gasteiger charge is 2.31. The second-order valence-electron chi connectivity index (χ2n) is 6.21. The Labute approximate surface area is 116 Å². The van der Waals surface area contributed by atoms with Crippen molar-refractivity contribution in [1.82, 2.24) is 10.6 Å². The first-order valence-electron chi connectivity index (χ1n) is 7.20. The lowest BCUT2D eigenvalue weighted by atomic mass is 9.94. The Hall–Kier alpha value is -0.810. The fourth-order valence-corrected chi connectivity index (χ4v) is 2.47. The lowest BCUT2D eigenvalue weighted by Gasteiger charge is -2.25. The highest BCUT2D eigenvalue weighted by molar-refractivity contribution is 5.74. The fraction of sp³-hybridized carbons (Fsp3) is 0.929. The number of carbonyl (C=O) groups excluding carboxylic acids is 1. The molecule has 0 aromatic rings. The van der Waals surface area contributed by atoms with Crippen molar-refractivity contribution >= 4 is 6.03 Å². The van der Waals surface area contributed by atoms with Crippen LogP contribution >= 0.6 is 0 Å². The topological polar surface area (TPSA) is 70.6 Å². The average Bonchev–Trinajstić information content (AvgIpc) is 2.72. The first-order valence-corrected chi connectivity index (χ1v) is 7.20. The van der Waals surface area contributed by atoms with Crippen molar-refractivity contribution in [2.75, 3.05) is 26.4 Å². The molecule has 0 bridgehead atoms. The zero-order valence-electron chi connectivity index (χ0n) is 12.4. The van der Waals surface area contributed by atoms with Gasteiger partial charge in [0.05, 0.1) is 12.1 Å². The number of rotatable bonds is 7. The zero-order chi connectivity index (χ0) is 14.3. The molecule has 1 aliphatic rings. The Morgan fingerprint density at radius 3 is 2.74 bits per heavy atom. The molecule has 0 aromatic heterocycles. The number of aliphatic hydroxyl groups excluding tert-OH is 1. The van der Waals surface area contributed by atoms with Gasteiger partial charge in [0.15, 0.2) is 0 Å². The number of hydrogen-bond acceptors (Lipinski definition) is 3. The summed E-state index contributed by atoms with van der Waals surface area (Å²) < 4.78 is 5.30. The molecule has 1 fully saturated rings. The largest absolute Gasteiger partial charge is 0.396 e. The molecule has 2 atom stereocenters. The van der Waals surface area contributed by atoms with Crippen molar-refractivity contribution in [3.8, 4) is 0 Å². The van der Waals surface area contributed by atoms with E-state index in [1.807, 2.05) is 6.92 Å². The maximum Gasteiger partial charge on any atom is 0.315 e. The summed E-state index contributed by atoms with van der Waals surface area (Å²) in [6.45, 7) is 8.37. The van der Waals surface area contributed by atoms with Gasteiger partial charge in [-0.15, -0.1) is 0 Å². The monoisotopic (exact) mass is 272 g/mol. The summed E-state index contributed by atoms with van der Waals surface area (Å²) in [4.78, 5) is 11.9. The smallest absolute Gasteiger partial charge is 0.315 e. The van der Waals surface area contributed by atoms with Gasteiger partial charge in [0, 0.05) is 19.8 Å². The molecule has 2 amide bonds. The van der Waals surface area contributed by atoms with Crippen LogP contribution in [0, 0.1) is 11.8 Å². The number of hydrogen-bond donors (Lipinski definition) is 3. The minimum absolute atomic E-state index is 0.139. The summed E-state index contributed by atoms with van der Waals surface area (Å²) in [6.07, 6.45) is 2.60. The van der Waals surface area contributed by atoms with Gasteiger partial charge in [-0.25, -0.2) is 4.79 Å². The maximum absolute atomic E-state index is 11.9. The van der Waals surface area contributed by atoms with Crippen LogP contribution in [0.25, 0.3) is 0 Å². The van der Waals surface area contributed by atoms with E-state index in [2.05, 4.69) is 24.5 Å². The van der Waals surface area contributed by atoms with Gasteiger partial charge in [-0.1, -0.05) is 13.8 Å². The van der Waals surface area contributed by atoms with Crippen molar-refractivity contribution in [3.63, 3.8) is 0 Å². The molecule has 2 unspecified atom stereocenters. The third-order valence-corrected chi connectivity index (χ3v) is 3.53. The van der Waals surface area contributed by atoms with Crippen LogP contribution in [0.1, 0.15) is 40.0 Å². The van der Waals surface area contributed by atoms with E-state index in [1.54, 1.807) is 0 Å². The van der Waals surface area contributed by atoms with Crippen LogP contribution in [0.15, 0.2) is 0 Å². The van der Waals surface area contributed by atoms with Crippen molar-refractivity contribution in [3.05, 3.63) is 0 Å². The van der Waals surface area contributed by atoms with Crippen molar-refractivity contribution in [2.45, 2.75) is 45.6 Å². The van der Waals surface area contributed by atoms with Crippen LogP contribution in [0.2, 0.25) is 0 Å². The lowest BCUT2D eigenvalue weighted by Crippen LogP contribution is -2.51. The van der Waals surface area contributed by atoms with Gasteiger partial charge in [-0.2, -0.15) is 0 Å². The number of amides is 2. The van der Waals surface area contributed by atoms with E-state index >= 15 is 0 Å². The Kier molecular flexibility index (Phi) is 6.58. The molecule has 0 spiro atoms. The maximum atomic E-state index is 11.9. The summed E-state index contributed by atoms with van der Waals surface area (Å²) in [5.41, 5.74) is -0.241. The van der Waals surface area contributed by atoms with Crippen molar-refractivity contribution < 1.29 is 14.6 Å². The predicted molar refractivity (Wildman–Crippen MR) is 75.0 cm³/mol. The second kappa shape index (κ2) is 7.70. The molecule has 19 heavy (non-hydrogen) atoms. The minimum atomic E-state index is -0.241. The van der Waals surface area contributed by atoms with Gasteiger partial charge < -0.3 is 20.5 Å². The van der Waals surface area contributed by atoms with Crippen LogP contribution in [0.5, 0.6) is 0 Å². The number of carbonyl (C=O) groups is 1. The number of urea groups is 1. The van der Waals surface area contributed by atoms with E-state index in [4.69, 9.17) is 9.84 Å². The summed E-state index contributed by atoms with van der Waals surface area (Å²) in [5.74, 6) is 0.908. The molecule has 0 aromatic carbocycles. The summed E-state index contributed by atoms with van der Waals surface area (Å²) in [5, 5.41) is 14.9. The van der Waals surface area contributed by atoms with Crippen LogP contribution in [-0.4, -0.2) is 43.0 Å². The van der Waals surface area contributed by atoms with Crippen molar-refractivity contribution in [2.24, 2.45) is 11.8 Å². The third kappa shape index (κ3) is 6.25. The average molecular weight is 272 g/mol. The molecule has 0 saturated carbocycles. The molecule has 0 radical (unpaired) electrons. The molecule has 3 N–H and O–H groups in total. The number of nitrogens with one attached hydrogen (secondary N) is 2. The highest BCUT2D eigenvalue weighted by atomic mass is 16.5. The van der Waals surface area contributed by atoms with Gasteiger partial charge in [0.2, 0.25) is 0 Å². The number of ether oxygens (including phenoxy) is 1. The molecule has 1 aliphatic heterocycles. The Bertz CT molecular complexity index is 276. The van der Waals surface area contributed by atoms with Crippen LogP contribution in [0.4, 0.5) is 4.79 Å². The molecule has 112 valence electrons. The van der Waals surface area contributed by atoms with Crippen LogP contribution in [0.3, 0.4) is 0 Å². The number of aliphatic hydroxyl groups is 1. The van der Waals surface area contributed by atoms with Crippen LogP contribution < -0.4 is 10.6 Å². The third-order valence-electron chi connectivity index (χ3n) is 3.53. The highest BCUT2D eigenvalue weighted by Crippen LogP contribution is 2.17. The van der Waals surface area contributed by atoms with Gasteiger partial charge in [-0.05, 0) is 38.0 Å². The van der Waals surface area contributed by atoms with Gasteiger partial charge in [0.1, 0.15) is 0 Å². The molecule has 5 nitrogen and oxygen atoms in total. The standard InChI is InChI=1S/C14H28N2O3/c1-11(2)8-12(4-6-17)9-15-13(18)16-14(3)5-7-19-10-14/h11-12,17H,4-10H2,1-3H3,(H2,15,16,18). The first-order chi connectivity index (χ1) is 8.95. The van der Waals surface area contributed by atoms with Crippen LogP contribution in [-0.2, 0) is 4.74 Å². The normalized spacial score (nSPS) is 24.5. The molecule has 1 rings (SSSR count). The Morgan fingerprint density at radius 2 is 2.21 bits per heavy atom. The van der Waals surface area contributed by atoms with E-state index in [1.165, 1.54) is 0 Å². The fourth-order valence-electron chi connectivity index (χ4n) is 2.47. The second-order valence-corrected chi connectivity index (χ2v) is 6.21. The van der Waals surface area contributed by atoms with E-state index in [9.17, 15) is 4.79 Å². The Balaban J connectivity index is 2.30. The summed E-state index contributed by atoms with van der Waals surface area (Å²) in [6, 6.07) is -0.139. The summed E-state index contributed by atoms with van der Waals surface area (Å²) >= 11 is 0. The van der Waals surface area contributed by atoms with Gasteiger partial charge in [0.25, 0.3) is 0 Å². The van der Waals surface area contributed by atoms with Crippen molar-refractivity contribution in [1.29, 1.82) is 0 Å². The summed E-state index contributed by atoms with van der Waals surface area (Å²) in [7, 11) is 0. The molecular formula is C14H28N2O3. The van der Waals surface area contributed by atoms with Gasteiger partial charge >= 0.3 is 6.03 Å². The minimum Gasteiger partial charge on any atom is -0.396 e. The Morgan fingerprint density at radius 1 is 1.47 bits per heavy atom. The van der Waals surface area contributed by atoms with E-state index in [-0.39, 0.29) is 18.2 Å². The van der Waals surface area contributed by atoms with E-state index < -0.39 is 0 Å².